The molecule has 0 bridgehead atoms. The maximum Gasteiger partial charge on any atom is 0.249 e. The minimum Gasteiger partial charge on any atom is -0.419 e. The molecule has 0 spiro atoms. The number of rotatable bonds is 4. The molecule has 2 rings (SSSR count). The molecule has 0 radical (unpaired) electrons. The monoisotopic (exact) mass is 265 g/mol. The van der Waals surface area contributed by atoms with Crippen molar-refractivity contribution in [3.05, 3.63) is 35.2 Å². The second kappa shape index (κ2) is 5.64. The Morgan fingerprint density at radius 1 is 1.39 bits per heavy atom. The molecule has 0 saturated heterocycles. The van der Waals surface area contributed by atoms with Crippen LogP contribution in [0.25, 0.3) is 11.5 Å². The van der Waals surface area contributed by atoms with Crippen molar-refractivity contribution in [1.82, 2.24) is 15.5 Å². The second-order valence-electron chi connectivity index (χ2n) is 3.61. The summed E-state index contributed by atoms with van der Waals surface area (Å²) in [4.78, 5) is 11.1. The zero-order valence-corrected chi connectivity index (χ0v) is 10.6. The molecule has 1 aromatic heterocycles. The third-order valence-corrected chi connectivity index (χ3v) is 2.66. The smallest absolute Gasteiger partial charge is 0.249 e. The van der Waals surface area contributed by atoms with E-state index in [1.54, 1.807) is 19.1 Å². The number of hydrogen-bond donors (Lipinski definition) is 1. The molecule has 6 heteroatoms. The molecule has 1 heterocycles. The average Bonchev–Trinajstić information content (AvgIpc) is 2.85. The van der Waals surface area contributed by atoms with E-state index in [0.717, 1.165) is 0 Å². The van der Waals surface area contributed by atoms with Crippen molar-refractivity contribution < 1.29 is 9.21 Å². The van der Waals surface area contributed by atoms with Crippen LogP contribution in [0.4, 0.5) is 0 Å². The van der Waals surface area contributed by atoms with Crippen LogP contribution in [0.3, 0.4) is 0 Å². The highest BCUT2D eigenvalue weighted by atomic mass is 35.5. The molecule has 5 nitrogen and oxygen atoms in total. The molecule has 1 aromatic carbocycles. The van der Waals surface area contributed by atoms with Gasteiger partial charge in [-0.05, 0) is 12.1 Å². The summed E-state index contributed by atoms with van der Waals surface area (Å²) in [5.41, 5.74) is 0.680. The van der Waals surface area contributed by atoms with E-state index in [2.05, 4.69) is 15.5 Å². The van der Waals surface area contributed by atoms with Crippen LogP contribution in [0.5, 0.6) is 0 Å². The van der Waals surface area contributed by atoms with Gasteiger partial charge in [-0.25, -0.2) is 0 Å². The molecule has 2 aromatic rings. The van der Waals surface area contributed by atoms with Crippen molar-refractivity contribution in [3.8, 4) is 11.5 Å². The van der Waals surface area contributed by atoms with E-state index >= 15 is 0 Å². The number of halogens is 1. The summed E-state index contributed by atoms with van der Waals surface area (Å²) in [5, 5.41) is 11.0. The first-order chi connectivity index (χ1) is 8.70. The van der Waals surface area contributed by atoms with E-state index in [9.17, 15) is 4.79 Å². The molecule has 94 valence electrons. The van der Waals surface area contributed by atoms with Crippen molar-refractivity contribution in [1.29, 1.82) is 0 Å². The number of carbonyl (C=O) groups is 1. The predicted octanol–water partition coefficient (Wildman–Crippen LogP) is 2.42. The van der Waals surface area contributed by atoms with Gasteiger partial charge in [0.25, 0.3) is 0 Å². The third-order valence-electron chi connectivity index (χ3n) is 2.33. The predicted molar refractivity (Wildman–Crippen MR) is 66.9 cm³/mol. The Bertz CT molecular complexity index is 554. The SMILES string of the molecule is CCC(=O)NCc1nnc(-c2ccccc2Cl)o1. The van der Waals surface area contributed by atoms with Crippen LogP contribution in [-0.2, 0) is 11.3 Å². The summed E-state index contributed by atoms with van der Waals surface area (Å²) in [7, 11) is 0. The fraction of sp³-hybridized carbons (Fsp3) is 0.250. The zero-order chi connectivity index (χ0) is 13.0. The first-order valence-corrected chi connectivity index (χ1v) is 5.92. The van der Waals surface area contributed by atoms with Gasteiger partial charge in [0.2, 0.25) is 17.7 Å². The van der Waals surface area contributed by atoms with E-state index in [-0.39, 0.29) is 12.5 Å². The number of carbonyl (C=O) groups excluding carboxylic acids is 1. The van der Waals surface area contributed by atoms with Gasteiger partial charge in [0.15, 0.2) is 0 Å². The molecule has 1 N–H and O–H groups in total. The minimum atomic E-state index is -0.0625. The highest BCUT2D eigenvalue weighted by Gasteiger charge is 2.11. The van der Waals surface area contributed by atoms with Gasteiger partial charge in [0.05, 0.1) is 17.1 Å². The highest BCUT2D eigenvalue weighted by molar-refractivity contribution is 6.33. The number of nitrogens with one attached hydrogen (secondary N) is 1. The van der Waals surface area contributed by atoms with E-state index in [1.165, 1.54) is 0 Å². The van der Waals surface area contributed by atoms with Crippen LogP contribution in [0.15, 0.2) is 28.7 Å². The van der Waals surface area contributed by atoms with E-state index in [4.69, 9.17) is 16.0 Å². The summed E-state index contributed by atoms with van der Waals surface area (Å²) in [6, 6.07) is 7.21. The standard InChI is InChI=1S/C12H12ClN3O2/c1-2-10(17)14-7-11-15-16-12(18-11)8-5-3-4-6-9(8)13/h3-6H,2,7H2,1H3,(H,14,17). The molecule has 0 aliphatic heterocycles. The maximum atomic E-state index is 11.1. The Hall–Kier alpha value is -1.88. The van der Waals surface area contributed by atoms with Gasteiger partial charge >= 0.3 is 0 Å². The summed E-state index contributed by atoms with van der Waals surface area (Å²) < 4.78 is 5.42. The lowest BCUT2D eigenvalue weighted by atomic mass is 10.2. The quantitative estimate of drug-likeness (QED) is 0.922. The van der Waals surface area contributed by atoms with Crippen LogP contribution >= 0.6 is 11.6 Å². The average molecular weight is 266 g/mol. The van der Waals surface area contributed by atoms with Gasteiger partial charge in [0.1, 0.15) is 0 Å². The Kier molecular flexibility index (Phi) is 3.94. The summed E-state index contributed by atoms with van der Waals surface area (Å²) in [5.74, 6) is 0.639. The molecule has 0 fully saturated rings. The molecule has 1 amide bonds. The van der Waals surface area contributed by atoms with Crippen LogP contribution < -0.4 is 5.32 Å². The number of hydrogen-bond acceptors (Lipinski definition) is 4. The lowest BCUT2D eigenvalue weighted by molar-refractivity contribution is -0.121. The second-order valence-corrected chi connectivity index (χ2v) is 4.02. The largest absolute Gasteiger partial charge is 0.419 e. The van der Waals surface area contributed by atoms with Gasteiger partial charge in [-0.15, -0.1) is 10.2 Å². The van der Waals surface area contributed by atoms with Crippen molar-refractivity contribution >= 4 is 17.5 Å². The molecule has 0 aliphatic carbocycles. The van der Waals surface area contributed by atoms with Crippen molar-refractivity contribution in [2.45, 2.75) is 19.9 Å². The first kappa shape index (κ1) is 12.6. The molecule has 0 aliphatic rings. The van der Waals surface area contributed by atoms with Gasteiger partial charge in [0, 0.05) is 6.42 Å². The van der Waals surface area contributed by atoms with E-state index < -0.39 is 0 Å². The molecule has 0 saturated carbocycles. The highest BCUT2D eigenvalue weighted by Crippen LogP contribution is 2.25. The Balaban J connectivity index is 2.11. The van der Waals surface area contributed by atoms with Gasteiger partial charge < -0.3 is 9.73 Å². The third kappa shape index (κ3) is 2.87. The van der Waals surface area contributed by atoms with Crippen LogP contribution in [0.1, 0.15) is 19.2 Å². The molecule has 0 atom stereocenters. The minimum absolute atomic E-state index is 0.0625. The Morgan fingerprint density at radius 3 is 2.89 bits per heavy atom. The van der Waals surface area contributed by atoms with Crippen LogP contribution in [0, 0.1) is 0 Å². The van der Waals surface area contributed by atoms with Gasteiger partial charge in [-0.1, -0.05) is 30.7 Å². The molecular weight excluding hydrogens is 254 g/mol. The lowest BCUT2D eigenvalue weighted by Gasteiger charge is -1.98. The van der Waals surface area contributed by atoms with Gasteiger partial charge in [-0.2, -0.15) is 0 Å². The summed E-state index contributed by atoms with van der Waals surface area (Å²) >= 11 is 6.02. The number of amides is 1. The van der Waals surface area contributed by atoms with E-state index in [0.29, 0.717) is 28.8 Å². The number of aromatic nitrogens is 2. The van der Waals surface area contributed by atoms with E-state index in [1.807, 2.05) is 12.1 Å². The van der Waals surface area contributed by atoms with Crippen molar-refractivity contribution in [2.24, 2.45) is 0 Å². The lowest BCUT2D eigenvalue weighted by Crippen LogP contribution is -2.21. The normalized spacial score (nSPS) is 10.3. The topological polar surface area (TPSA) is 68.0 Å². The molecule has 18 heavy (non-hydrogen) atoms. The van der Waals surface area contributed by atoms with Gasteiger partial charge in [-0.3, -0.25) is 4.79 Å². The molecule has 0 unspecified atom stereocenters. The Morgan fingerprint density at radius 2 is 2.17 bits per heavy atom. The Labute approximate surface area is 109 Å². The fourth-order valence-corrected chi connectivity index (χ4v) is 1.58. The van der Waals surface area contributed by atoms with Crippen molar-refractivity contribution in [3.63, 3.8) is 0 Å². The zero-order valence-electron chi connectivity index (χ0n) is 9.81. The maximum absolute atomic E-state index is 11.1. The first-order valence-electron chi connectivity index (χ1n) is 5.54. The number of nitrogens with zero attached hydrogens (tertiary/aromatic N) is 2. The summed E-state index contributed by atoms with van der Waals surface area (Å²) in [6.45, 7) is 2.00. The van der Waals surface area contributed by atoms with Crippen LogP contribution in [0.2, 0.25) is 5.02 Å². The number of benzene rings is 1. The fourth-order valence-electron chi connectivity index (χ4n) is 1.37. The molecular formula is C12H12ClN3O2. The van der Waals surface area contributed by atoms with Crippen LogP contribution in [-0.4, -0.2) is 16.1 Å². The summed E-state index contributed by atoms with van der Waals surface area (Å²) in [6.07, 6.45) is 0.422. The van der Waals surface area contributed by atoms with Crippen molar-refractivity contribution in [2.75, 3.05) is 0 Å².